The number of anilines is 1. The summed E-state index contributed by atoms with van der Waals surface area (Å²) in [5, 5.41) is 12.0. The van der Waals surface area contributed by atoms with Crippen LogP contribution in [0.4, 0.5) is 5.69 Å². The fourth-order valence-electron chi connectivity index (χ4n) is 5.09. The third-order valence-electron chi connectivity index (χ3n) is 7.03. The number of halogens is 3. The minimum atomic E-state index is -0.0111. The molecule has 0 unspecified atom stereocenters. The van der Waals surface area contributed by atoms with Gasteiger partial charge in [-0.2, -0.15) is 0 Å². The molecule has 0 radical (unpaired) electrons. The monoisotopic (exact) mass is 557 g/mol. The number of benzene rings is 4. The van der Waals surface area contributed by atoms with Crippen LogP contribution in [0.2, 0.25) is 5.02 Å². The fourth-order valence-corrected chi connectivity index (χ4v) is 5.27. The van der Waals surface area contributed by atoms with Gasteiger partial charge in [-0.15, -0.1) is 24.8 Å². The van der Waals surface area contributed by atoms with Gasteiger partial charge in [0.1, 0.15) is 0 Å². The van der Waals surface area contributed by atoms with Crippen molar-refractivity contribution in [2.24, 2.45) is 0 Å². The second kappa shape index (κ2) is 12.8. The summed E-state index contributed by atoms with van der Waals surface area (Å²) >= 11 is 6.56. The first-order valence-electron chi connectivity index (χ1n) is 12.6. The lowest BCUT2D eigenvalue weighted by atomic mass is 9.89. The van der Waals surface area contributed by atoms with E-state index in [4.69, 9.17) is 11.6 Å². The number of carbonyl (C=O) groups is 1. The summed E-state index contributed by atoms with van der Waals surface area (Å²) in [5.74, 6) is -0.0111. The predicted molar refractivity (Wildman–Crippen MR) is 163 cm³/mol. The number of hydrogen-bond acceptors (Lipinski definition) is 3. The fraction of sp³-hybridized carbons (Fsp3) is 0.300. The smallest absolute Gasteiger partial charge is 0.253 e. The van der Waals surface area contributed by atoms with Crippen molar-refractivity contribution in [2.45, 2.75) is 26.7 Å². The Kier molecular flexibility index (Phi) is 10.1. The summed E-state index contributed by atoms with van der Waals surface area (Å²) in [7, 11) is 0. The molecule has 0 aliphatic carbocycles. The molecule has 5 rings (SSSR count). The Bertz CT molecular complexity index is 1400. The summed E-state index contributed by atoms with van der Waals surface area (Å²) in [6.07, 6.45) is 2.01. The lowest BCUT2D eigenvalue weighted by Gasteiger charge is -2.33. The van der Waals surface area contributed by atoms with E-state index in [1.807, 2.05) is 12.1 Å². The first-order valence-corrected chi connectivity index (χ1v) is 12.9. The average molecular weight is 559 g/mol. The second-order valence-corrected chi connectivity index (χ2v) is 9.73. The Labute approximate surface area is 236 Å². The summed E-state index contributed by atoms with van der Waals surface area (Å²) in [6.45, 7) is 8.41. The minimum Gasteiger partial charge on any atom is -0.368 e. The zero-order valence-corrected chi connectivity index (χ0v) is 23.7. The first-order chi connectivity index (χ1) is 17.1. The van der Waals surface area contributed by atoms with Gasteiger partial charge in [-0.1, -0.05) is 61.3 Å². The Morgan fingerprint density at radius 3 is 2.30 bits per heavy atom. The highest BCUT2D eigenvalue weighted by molar-refractivity contribution is 6.32. The Morgan fingerprint density at radius 1 is 0.946 bits per heavy atom. The lowest BCUT2D eigenvalue weighted by Crippen LogP contribution is -2.44. The maximum atomic E-state index is 13.6. The van der Waals surface area contributed by atoms with E-state index < -0.39 is 0 Å². The summed E-state index contributed by atoms with van der Waals surface area (Å²) < 4.78 is 0. The van der Waals surface area contributed by atoms with Gasteiger partial charge in [-0.25, -0.2) is 0 Å². The van der Waals surface area contributed by atoms with Crippen molar-refractivity contribution >= 4 is 69.6 Å². The quantitative estimate of drug-likeness (QED) is 0.191. The normalized spacial score (nSPS) is 13.2. The van der Waals surface area contributed by atoms with Crippen molar-refractivity contribution in [3.63, 3.8) is 0 Å². The second-order valence-electron chi connectivity index (χ2n) is 9.32. The van der Waals surface area contributed by atoms with Crippen molar-refractivity contribution in [1.82, 2.24) is 10.6 Å². The third kappa shape index (κ3) is 5.83. The van der Waals surface area contributed by atoms with Crippen LogP contribution in [-0.2, 0) is 0 Å². The highest BCUT2D eigenvalue weighted by Crippen LogP contribution is 2.42. The Hall–Kier alpha value is -2.50. The number of unbranched alkanes of at least 4 members (excludes halogenated alkanes) is 1. The zero-order chi connectivity index (χ0) is 24.4. The number of rotatable bonds is 6. The number of hydrogen-bond donors (Lipinski definition) is 2. The van der Waals surface area contributed by atoms with Crippen LogP contribution < -0.4 is 15.5 Å². The van der Waals surface area contributed by atoms with E-state index >= 15 is 0 Å². The van der Waals surface area contributed by atoms with Crippen molar-refractivity contribution in [3.8, 4) is 11.1 Å². The number of fused-ring (bicyclic) bond motifs is 2. The topological polar surface area (TPSA) is 44.4 Å². The predicted octanol–water partition coefficient (Wildman–Crippen LogP) is 7.40. The molecule has 0 aromatic heterocycles. The molecule has 0 spiro atoms. The van der Waals surface area contributed by atoms with Gasteiger partial charge in [0.15, 0.2) is 0 Å². The van der Waals surface area contributed by atoms with Gasteiger partial charge in [-0.3, -0.25) is 4.79 Å². The molecule has 1 saturated heterocycles. The SMILES string of the molecule is CCCCNC(=O)c1cc(-c2cccc(Cl)c2C)c2cc3ccccc3cc2c1N1CCNCC1.Cl.Cl. The Morgan fingerprint density at radius 2 is 1.62 bits per heavy atom. The van der Waals surface area contributed by atoms with Crippen LogP contribution in [0, 0.1) is 6.92 Å². The van der Waals surface area contributed by atoms with E-state index in [2.05, 4.69) is 77.9 Å². The van der Waals surface area contributed by atoms with Crippen LogP contribution in [-0.4, -0.2) is 38.6 Å². The van der Waals surface area contributed by atoms with Crippen molar-refractivity contribution in [1.29, 1.82) is 0 Å². The lowest BCUT2D eigenvalue weighted by molar-refractivity contribution is 0.0953. The molecule has 0 atom stereocenters. The molecule has 4 aromatic rings. The van der Waals surface area contributed by atoms with Gasteiger partial charge in [0.2, 0.25) is 0 Å². The van der Waals surface area contributed by atoms with Crippen molar-refractivity contribution in [2.75, 3.05) is 37.6 Å². The number of carbonyl (C=O) groups excluding carboxylic acids is 1. The van der Waals surface area contributed by atoms with Gasteiger partial charge in [-0.05, 0) is 70.5 Å². The maximum absolute atomic E-state index is 13.6. The standard InChI is InChI=1S/C30H32ClN3O.2ClH/c1-3-4-12-33-30(35)27-19-25(23-10-7-11-28(31)20(23)2)24-17-21-8-5-6-9-22(21)18-26(24)29(27)34-15-13-32-14-16-34;;/h5-11,17-19,32H,3-4,12-16H2,1-2H3,(H,33,35);2*1H. The van der Waals surface area contributed by atoms with E-state index in [9.17, 15) is 4.79 Å². The summed E-state index contributed by atoms with van der Waals surface area (Å²) in [6, 6.07) is 21.1. The molecule has 1 heterocycles. The summed E-state index contributed by atoms with van der Waals surface area (Å²) in [4.78, 5) is 16.0. The first kappa shape index (κ1) is 29.1. The summed E-state index contributed by atoms with van der Waals surface area (Å²) in [5.41, 5.74) is 4.90. The molecule has 7 heteroatoms. The minimum absolute atomic E-state index is 0. The van der Waals surface area contributed by atoms with Gasteiger partial charge in [0, 0.05) is 43.1 Å². The van der Waals surface area contributed by atoms with Crippen LogP contribution in [0.15, 0.2) is 60.7 Å². The molecule has 0 bridgehead atoms. The van der Waals surface area contributed by atoms with Gasteiger partial charge < -0.3 is 15.5 Å². The molecule has 0 saturated carbocycles. The molecule has 196 valence electrons. The molecule has 4 nitrogen and oxygen atoms in total. The molecule has 1 aliphatic heterocycles. The van der Waals surface area contributed by atoms with E-state index in [-0.39, 0.29) is 30.7 Å². The zero-order valence-electron chi connectivity index (χ0n) is 21.3. The number of amides is 1. The number of nitrogens with zero attached hydrogens (tertiary/aromatic N) is 1. The van der Waals surface area contributed by atoms with E-state index in [0.717, 1.165) is 82.8 Å². The number of piperazine rings is 1. The van der Waals surface area contributed by atoms with E-state index in [1.54, 1.807) is 0 Å². The van der Waals surface area contributed by atoms with Crippen LogP contribution >= 0.6 is 36.4 Å². The van der Waals surface area contributed by atoms with Gasteiger partial charge in [0.25, 0.3) is 5.91 Å². The number of nitrogens with one attached hydrogen (secondary N) is 2. The molecule has 37 heavy (non-hydrogen) atoms. The molecule has 1 aliphatic rings. The third-order valence-corrected chi connectivity index (χ3v) is 7.44. The van der Waals surface area contributed by atoms with Gasteiger partial charge in [0.05, 0.1) is 11.3 Å². The molecule has 1 fully saturated rings. The highest BCUT2D eigenvalue weighted by atomic mass is 35.5. The van der Waals surface area contributed by atoms with Crippen LogP contribution in [0.1, 0.15) is 35.7 Å². The largest absolute Gasteiger partial charge is 0.368 e. The molecule has 4 aromatic carbocycles. The van der Waals surface area contributed by atoms with Crippen LogP contribution in [0.5, 0.6) is 0 Å². The van der Waals surface area contributed by atoms with Crippen molar-refractivity contribution < 1.29 is 4.79 Å². The molecule has 2 N–H and O–H groups in total. The van der Waals surface area contributed by atoms with Crippen LogP contribution in [0.25, 0.3) is 32.7 Å². The van der Waals surface area contributed by atoms with E-state index in [1.165, 1.54) is 10.8 Å². The van der Waals surface area contributed by atoms with E-state index in [0.29, 0.717) is 6.54 Å². The Balaban J connectivity index is 0.00000190. The maximum Gasteiger partial charge on any atom is 0.253 e. The van der Waals surface area contributed by atoms with Crippen molar-refractivity contribution in [3.05, 3.63) is 76.8 Å². The highest BCUT2D eigenvalue weighted by Gasteiger charge is 2.24. The molecular weight excluding hydrogens is 525 g/mol. The van der Waals surface area contributed by atoms with Gasteiger partial charge >= 0.3 is 0 Å². The molecular formula is C30H34Cl3N3O. The average Bonchev–Trinajstić information content (AvgIpc) is 2.89. The van der Waals surface area contributed by atoms with Crippen LogP contribution in [0.3, 0.4) is 0 Å². The molecule has 1 amide bonds.